The van der Waals surface area contributed by atoms with Crippen LogP contribution in [0.4, 0.5) is 0 Å². The van der Waals surface area contributed by atoms with E-state index in [0.29, 0.717) is 0 Å². The fourth-order valence-electron chi connectivity index (χ4n) is 1.80. The highest BCUT2D eigenvalue weighted by molar-refractivity contribution is 7.99. The largest absolute Gasteiger partial charge is 0.214 e. The molecule has 5 heteroatoms. The van der Waals surface area contributed by atoms with Crippen LogP contribution in [0.25, 0.3) is 0 Å². The Balaban J connectivity index is 2.25. The van der Waals surface area contributed by atoms with Gasteiger partial charge in [0, 0.05) is 10.9 Å². The van der Waals surface area contributed by atoms with E-state index in [2.05, 4.69) is 10.8 Å². The molecule has 3 nitrogen and oxygen atoms in total. The minimum atomic E-state index is -3.20. The number of thioether (sulfide) groups is 1. The first-order valence-electron chi connectivity index (χ1n) is 5.73. The second-order valence-corrected chi connectivity index (χ2v) is 7.84. The van der Waals surface area contributed by atoms with Gasteiger partial charge in [-0.05, 0) is 37.7 Å². The lowest BCUT2D eigenvalue weighted by molar-refractivity contribution is 0.538. The highest BCUT2D eigenvalue weighted by Crippen LogP contribution is 2.36. The van der Waals surface area contributed by atoms with Crippen molar-refractivity contribution in [2.24, 2.45) is 0 Å². The Morgan fingerprint density at radius 1 is 1.35 bits per heavy atom. The monoisotopic (exact) mass is 271 g/mol. The lowest BCUT2D eigenvalue weighted by Crippen LogP contribution is -2.35. The lowest BCUT2D eigenvalue weighted by Gasteiger charge is -2.26. The highest BCUT2D eigenvalue weighted by atomic mass is 32.2. The van der Waals surface area contributed by atoms with Crippen LogP contribution in [0.2, 0.25) is 0 Å². The molecule has 0 aromatic heterocycles. The van der Waals surface area contributed by atoms with Crippen LogP contribution in [-0.4, -0.2) is 19.4 Å². The molecule has 1 atom stereocenters. The number of sulfonamides is 1. The topological polar surface area (TPSA) is 46.2 Å². The van der Waals surface area contributed by atoms with Crippen LogP contribution in [0.15, 0.2) is 29.2 Å². The van der Waals surface area contributed by atoms with Gasteiger partial charge in [-0.15, -0.1) is 11.8 Å². The van der Waals surface area contributed by atoms with Gasteiger partial charge < -0.3 is 0 Å². The molecule has 0 saturated carbocycles. The Hall–Kier alpha value is -0.520. The minimum Gasteiger partial charge on any atom is -0.212 e. The van der Waals surface area contributed by atoms with E-state index in [1.807, 2.05) is 18.2 Å². The van der Waals surface area contributed by atoms with E-state index in [4.69, 9.17) is 0 Å². The van der Waals surface area contributed by atoms with Crippen molar-refractivity contribution in [2.75, 3.05) is 5.75 Å². The summed E-state index contributed by atoms with van der Waals surface area (Å²) in [5.41, 5.74) is 1.10. The van der Waals surface area contributed by atoms with Crippen molar-refractivity contribution in [2.45, 2.75) is 36.5 Å². The summed E-state index contributed by atoms with van der Waals surface area (Å²) in [4.78, 5) is 1.19. The molecule has 0 radical (unpaired) electrons. The Labute approximate surface area is 107 Å². The zero-order valence-corrected chi connectivity index (χ0v) is 11.6. The first kappa shape index (κ1) is 12.9. The summed E-state index contributed by atoms with van der Waals surface area (Å²) >= 11 is 1.79. The molecule has 0 bridgehead atoms. The molecule has 0 saturated heterocycles. The van der Waals surface area contributed by atoms with E-state index < -0.39 is 10.0 Å². The normalized spacial score (nSPS) is 20.3. The predicted octanol–water partition coefficient (Wildman–Crippen LogP) is 2.55. The van der Waals surface area contributed by atoms with Crippen molar-refractivity contribution >= 4 is 21.8 Å². The third kappa shape index (κ3) is 2.84. The SMILES string of the molecule is CC(C)S(=O)(=O)NC1CCSc2ccccc21. The number of hydrogen-bond acceptors (Lipinski definition) is 3. The zero-order valence-electron chi connectivity index (χ0n) is 10.0. The first-order chi connectivity index (χ1) is 8.00. The lowest BCUT2D eigenvalue weighted by atomic mass is 10.1. The molecular weight excluding hydrogens is 254 g/mol. The molecule has 2 rings (SSSR count). The Morgan fingerprint density at radius 3 is 2.76 bits per heavy atom. The van der Waals surface area contributed by atoms with Gasteiger partial charge in [0.2, 0.25) is 10.0 Å². The van der Waals surface area contributed by atoms with Crippen molar-refractivity contribution in [3.8, 4) is 0 Å². The molecule has 1 aromatic rings. The van der Waals surface area contributed by atoms with Crippen LogP contribution in [0.1, 0.15) is 31.9 Å². The summed E-state index contributed by atoms with van der Waals surface area (Å²) < 4.78 is 26.6. The maximum Gasteiger partial charge on any atom is 0.214 e. The zero-order chi connectivity index (χ0) is 12.5. The van der Waals surface area contributed by atoms with Gasteiger partial charge in [0.15, 0.2) is 0 Å². The standard InChI is InChI=1S/C12H17NO2S2/c1-9(2)17(14,15)13-11-7-8-16-12-6-4-3-5-10(11)12/h3-6,9,11,13H,7-8H2,1-2H3. The van der Waals surface area contributed by atoms with Crippen molar-refractivity contribution in [1.82, 2.24) is 4.72 Å². The smallest absolute Gasteiger partial charge is 0.212 e. The molecule has 94 valence electrons. The molecular formula is C12H17NO2S2. The van der Waals surface area contributed by atoms with Crippen LogP contribution in [-0.2, 0) is 10.0 Å². The summed E-state index contributed by atoms with van der Waals surface area (Å²) in [5, 5.41) is -0.385. The van der Waals surface area contributed by atoms with Gasteiger partial charge in [-0.3, -0.25) is 0 Å². The number of nitrogens with one attached hydrogen (secondary N) is 1. The molecule has 0 spiro atoms. The molecule has 1 aliphatic heterocycles. The van der Waals surface area contributed by atoms with Gasteiger partial charge in [0.25, 0.3) is 0 Å². The van der Waals surface area contributed by atoms with Crippen molar-refractivity contribution in [3.63, 3.8) is 0 Å². The van der Waals surface area contributed by atoms with Crippen LogP contribution in [0.5, 0.6) is 0 Å². The highest BCUT2D eigenvalue weighted by Gasteiger charge is 2.26. The van der Waals surface area contributed by atoms with Crippen molar-refractivity contribution in [1.29, 1.82) is 0 Å². The summed E-state index contributed by atoms with van der Waals surface area (Å²) in [6.45, 7) is 3.40. The van der Waals surface area contributed by atoms with Crippen LogP contribution in [0, 0.1) is 0 Å². The second-order valence-electron chi connectivity index (χ2n) is 4.44. The Bertz CT molecular complexity index is 497. The number of benzene rings is 1. The Morgan fingerprint density at radius 2 is 2.06 bits per heavy atom. The third-order valence-electron chi connectivity index (χ3n) is 2.89. The predicted molar refractivity (Wildman–Crippen MR) is 71.7 cm³/mol. The van der Waals surface area contributed by atoms with Gasteiger partial charge in [-0.25, -0.2) is 13.1 Å². The number of fused-ring (bicyclic) bond motifs is 1. The van der Waals surface area contributed by atoms with Crippen LogP contribution >= 0.6 is 11.8 Å². The summed E-state index contributed by atoms with van der Waals surface area (Å²) in [6, 6.07) is 7.94. The Kier molecular flexibility index (Phi) is 3.80. The van der Waals surface area contributed by atoms with Gasteiger partial charge in [0.1, 0.15) is 0 Å². The van der Waals surface area contributed by atoms with E-state index >= 15 is 0 Å². The molecule has 0 aliphatic carbocycles. The van der Waals surface area contributed by atoms with Crippen LogP contribution < -0.4 is 4.72 Å². The van der Waals surface area contributed by atoms with Crippen molar-refractivity contribution < 1.29 is 8.42 Å². The average molecular weight is 271 g/mol. The fourth-order valence-corrected chi connectivity index (χ4v) is 3.84. The van der Waals surface area contributed by atoms with E-state index in [-0.39, 0.29) is 11.3 Å². The maximum atomic E-state index is 11.9. The summed E-state index contributed by atoms with van der Waals surface area (Å²) in [6.07, 6.45) is 0.855. The molecule has 1 unspecified atom stereocenters. The summed E-state index contributed by atoms with van der Waals surface area (Å²) in [7, 11) is -3.20. The quantitative estimate of drug-likeness (QED) is 0.919. The number of hydrogen-bond donors (Lipinski definition) is 1. The first-order valence-corrected chi connectivity index (χ1v) is 8.27. The minimum absolute atomic E-state index is 0.0696. The molecule has 0 fully saturated rings. The van der Waals surface area contributed by atoms with Gasteiger partial charge in [0.05, 0.1) is 5.25 Å². The molecule has 1 aromatic carbocycles. The van der Waals surface area contributed by atoms with E-state index in [0.717, 1.165) is 17.7 Å². The van der Waals surface area contributed by atoms with Crippen LogP contribution in [0.3, 0.4) is 0 Å². The van der Waals surface area contributed by atoms with Gasteiger partial charge >= 0.3 is 0 Å². The molecule has 0 amide bonds. The van der Waals surface area contributed by atoms with Crippen molar-refractivity contribution in [3.05, 3.63) is 29.8 Å². The van der Waals surface area contributed by atoms with Gasteiger partial charge in [-0.2, -0.15) is 0 Å². The number of rotatable bonds is 3. The van der Waals surface area contributed by atoms with E-state index in [1.54, 1.807) is 25.6 Å². The van der Waals surface area contributed by atoms with Gasteiger partial charge in [-0.1, -0.05) is 18.2 Å². The maximum absolute atomic E-state index is 11.9. The molecule has 1 N–H and O–H groups in total. The molecule has 1 aliphatic rings. The molecule has 17 heavy (non-hydrogen) atoms. The molecule has 1 heterocycles. The third-order valence-corrected chi connectivity index (χ3v) is 5.86. The summed E-state index contributed by atoms with van der Waals surface area (Å²) in [5.74, 6) is 0.961. The van der Waals surface area contributed by atoms with E-state index in [9.17, 15) is 8.42 Å². The second kappa shape index (κ2) is 5.00. The average Bonchev–Trinajstić information content (AvgIpc) is 2.29. The fraction of sp³-hybridized carbons (Fsp3) is 0.500. The van der Waals surface area contributed by atoms with E-state index in [1.165, 1.54) is 4.90 Å².